The minimum Gasteiger partial charge on any atom is -0.494 e. The van der Waals surface area contributed by atoms with Crippen molar-refractivity contribution in [2.24, 2.45) is 5.10 Å². The quantitative estimate of drug-likeness (QED) is 0.203. The summed E-state index contributed by atoms with van der Waals surface area (Å²) >= 11 is 1.19. The van der Waals surface area contributed by atoms with E-state index in [1.54, 1.807) is 6.21 Å². The predicted octanol–water partition coefficient (Wildman–Crippen LogP) is 3.18. The normalized spacial score (nSPS) is 10.9. The number of hydrazone groups is 1. The number of nitrogens with two attached hydrogens (primary N) is 1. The SMILES string of the molecule is CCOc1ccc(/C=N/Nc2nnc(SCC(=O)Nc3ccc(C)c(C)c3)n2N)cc1. The van der Waals surface area contributed by atoms with Crippen molar-refractivity contribution in [2.45, 2.75) is 25.9 Å². The molecule has 0 unspecified atom stereocenters. The van der Waals surface area contributed by atoms with Gasteiger partial charge in [-0.25, -0.2) is 10.1 Å². The summed E-state index contributed by atoms with van der Waals surface area (Å²) in [4.78, 5) is 12.2. The fraction of sp³-hybridized carbons (Fsp3) is 0.238. The molecule has 0 saturated heterocycles. The zero-order chi connectivity index (χ0) is 22.2. The molecule has 3 rings (SSSR count). The average Bonchev–Trinajstić information content (AvgIpc) is 3.10. The highest BCUT2D eigenvalue weighted by molar-refractivity contribution is 7.99. The van der Waals surface area contributed by atoms with E-state index < -0.39 is 0 Å². The van der Waals surface area contributed by atoms with Crippen molar-refractivity contribution in [3.8, 4) is 5.75 Å². The van der Waals surface area contributed by atoms with Crippen molar-refractivity contribution < 1.29 is 9.53 Å². The van der Waals surface area contributed by atoms with Crippen molar-refractivity contribution >= 4 is 35.5 Å². The maximum atomic E-state index is 12.2. The van der Waals surface area contributed by atoms with Crippen LogP contribution in [0.5, 0.6) is 5.75 Å². The Morgan fingerprint density at radius 3 is 2.68 bits per heavy atom. The average molecular weight is 440 g/mol. The molecule has 10 heteroatoms. The van der Waals surface area contributed by atoms with E-state index in [1.165, 1.54) is 22.0 Å². The van der Waals surface area contributed by atoms with Gasteiger partial charge >= 0.3 is 0 Å². The van der Waals surface area contributed by atoms with Crippen LogP contribution in [0.2, 0.25) is 0 Å². The molecule has 0 saturated carbocycles. The summed E-state index contributed by atoms with van der Waals surface area (Å²) in [5.41, 5.74) is 6.69. The number of ether oxygens (including phenoxy) is 1. The number of nitrogens with one attached hydrogen (secondary N) is 2. The number of rotatable bonds is 9. The van der Waals surface area contributed by atoms with Crippen LogP contribution in [0, 0.1) is 13.8 Å². The van der Waals surface area contributed by atoms with Gasteiger partial charge in [0.05, 0.1) is 18.6 Å². The van der Waals surface area contributed by atoms with Gasteiger partial charge in [-0.3, -0.25) is 4.79 Å². The largest absolute Gasteiger partial charge is 0.494 e. The summed E-state index contributed by atoms with van der Waals surface area (Å²) in [7, 11) is 0. The molecule has 0 radical (unpaired) electrons. The number of carbonyl (C=O) groups is 1. The second-order valence-electron chi connectivity index (χ2n) is 6.68. The van der Waals surface area contributed by atoms with Gasteiger partial charge in [0, 0.05) is 5.69 Å². The zero-order valence-electron chi connectivity index (χ0n) is 17.6. The number of benzene rings is 2. The van der Waals surface area contributed by atoms with Crippen LogP contribution in [0.15, 0.2) is 52.7 Å². The van der Waals surface area contributed by atoms with Gasteiger partial charge in [-0.05, 0) is 73.9 Å². The molecular weight excluding hydrogens is 414 g/mol. The zero-order valence-corrected chi connectivity index (χ0v) is 18.4. The highest BCUT2D eigenvalue weighted by Gasteiger charge is 2.12. The lowest BCUT2D eigenvalue weighted by Crippen LogP contribution is -2.17. The molecule has 1 aromatic heterocycles. The summed E-state index contributed by atoms with van der Waals surface area (Å²) < 4.78 is 6.66. The van der Waals surface area contributed by atoms with E-state index in [0.29, 0.717) is 11.8 Å². The Morgan fingerprint density at radius 1 is 1.19 bits per heavy atom. The fourth-order valence-electron chi connectivity index (χ4n) is 2.58. The van der Waals surface area contributed by atoms with Crippen LogP contribution in [0.3, 0.4) is 0 Å². The topological polar surface area (TPSA) is 119 Å². The van der Waals surface area contributed by atoms with Crippen LogP contribution in [0.25, 0.3) is 0 Å². The third-order valence-corrected chi connectivity index (χ3v) is 5.30. The molecule has 3 aromatic rings. The number of nitrogen functional groups attached to an aromatic ring is 1. The minimum atomic E-state index is -0.153. The summed E-state index contributed by atoms with van der Waals surface area (Å²) in [5.74, 6) is 7.06. The van der Waals surface area contributed by atoms with Crippen LogP contribution in [-0.4, -0.2) is 39.4 Å². The third-order valence-electron chi connectivity index (χ3n) is 4.36. The lowest BCUT2D eigenvalue weighted by Gasteiger charge is -2.07. The van der Waals surface area contributed by atoms with E-state index >= 15 is 0 Å². The molecule has 2 aromatic carbocycles. The lowest BCUT2D eigenvalue weighted by molar-refractivity contribution is -0.113. The van der Waals surface area contributed by atoms with E-state index in [2.05, 4.69) is 26.0 Å². The van der Waals surface area contributed by atoms with Crippen molar-refractivity contribution in [3.63, 3.8) is 0 Å². The summed E-state index contributed by atoms with van der Waals surface area (Å²) in [6, 6.07) is 13.3. The molecular formula is C21H25N7O2S. The molecule has 9 nitrogen and oxygen atoms in total. The maximum Gasteiger partial charge on any atom is 0.264 e. The molecule has 1 amide bonds. The predicted molar refractivity (Wildman–Crippen MR) is 124 cm³/mol. The number of hydrogen-bond acceptors (Lipinski definition) is 8. The Morgan fingerprint density at radius 2 is 1.97 bits per heavy atom. The smallest absolute Gasteiger partial charge is 0.264 e. The first kappa shape index (κ1) is 22.2. The molecule has 0 bridgehead atoms. The Hall–Kier alpha value is -3.53. The molecule has 0 aliphatic carbocycles. The van der Waals surface area contributed by atoms with E-state index in [-0.39, 0.29) is 17.6 Å². The van der Waals surface area contributed by atoms with Crippen LogP contribution in [0.4, 0.5) is 11.6 Å². The van der Waals surface area contributed by atoms with E-state index in [1.807, 2.05) is 63.2 Å². The number of anilines is 2. The van der Waals surface area contributed by atoms with Gasteiger partial charge in [-0.15, -0.1) is 10.2 Å². The van der Waals surface area contributed by atoms with E-state index in [9.17, 15) is 4.79 Å². The molecule has 0 aliphatic rings. The number of thioether (sulfide) groups is 1. The van der Waals surface area contributed by atoms with Gasteiger partial charge in [0.25, 0.3) is 5.95 Å². The standard InChI is InChI=1S/C21H25N7O2S/c1-4-30-18-9-6-16(7-10-18)12-23-25-20-26-27-21(28(20)22)31-13-19(29)24-17-8-5-14(2)15(3)11-17/h5-12H,4,13,22H2,1-3H3,(H,24,29)(H,25,26)/b23-12+. The molecule has 0 spiro atoms. The molecule has 4 N–H and O–H groups in total. The summed E-state index contributed by atoms with van der Waals surface area (Å²) in [5, 5.41) is 15.3. The molecule has 1 heterocycles. The van der Waals surface area contributed by atoms with E-state index in [0.717, 1.165) is 22.6 Å². The summed E-state index contributed by atoms with van der Waals surface area (Å²) in [6.07, 6.45) is 1.63. The number of aryl methyl sites for hydroxylation is 2. The number of nitrogens with zero attached hydrogens (tertiary/aromatic N) is 4. The van der Waals surface area contributed by atoms with Crippen LogP contribution < -0.4 is 21.3 Å². The van der Waals surface area contributed by atoms with Crippen LogP contribution in [0.1, 0.15) is 23.6 Å². The summed E-state index contributed by atoms with van der Waals surface area (Å²) in [6.45, 7) is 6.59. The van der Waals surface area contributed by atoms with Crippen molar-refractivity contribution in [3.05, 3.63) is 59.2 Å². The first-order chi connectivity index (χ1) is 15.0. The number of hydrogen-bond donors (Lipinski definition) is 3. The molecule has 31 heavy (non-hydrogen) atoms. The Labute approximate surface area is 185 Å². The maximum absolute atomic E-state index is 12.2. The number of aromatic nitrogens is 3. The molecule has 0 atom stereocenters. The first-order valence-corrected chi connectivity index (χ1v) is 10.7. The second-order valence-corrected chi connectivity index (χ2v) is 7.63. The highest BCUT2D eigenvalue weighted by atomic mass is 32.2. The highest BCUT2D eigenvalue weighted by Crippen LogP contribution is 2.18. The van der Waals surface area contributed by atoms with Crippen molar-refractivity contribution in [1.29, 1.82) is 0 Å². The second kappa shape index (κ2) is 10.5. The Bertz CT molecular complexity index is 1060. The van der Waals surface area contributed by atoms with Crippen molar-refractivity contribution in [1.82, 2.24) is 14.9 Å². The third kappa shape index (κ3) is 6.22. The lowest BCUT2D eigenvalue weighted by atomic mass is 10.1. The fourth-order valence-corrected chi connectivity index (χ4v) is 3.24. The van der Waals surface area contributed by atoms with Gasteiger partial charge in [-0.2, -0.15) is 5.10 Å². The van der Waals surface area contributed by atoms with Crippen molar-refractivity contribution in [2.75, 3.05) is 28.9 Å². The van der Waals surface area contributed by atoms with Gasteiger partial charge in [0.1, 0.15) is 5.75 Å². The molecule has 0 fully saturated rings. The van der Waals surface area contributed by atoms with Gasteiger partial charge in [-0.1, -0.05) is 17.8 Å². The van der Waals surface area contributed by atoms with Gasteiger partial charge in [0.2, 0.25) is 11.1 Å². The number of carbonyl (C=O) groups excluding carboxylic acids is 1. The van der Waals surface area contributed by atoms with Gasteiger partial charge < -0.3 is 15.9 Å². The van der Waals surface area contributed by atoms with Gasteiger partial charge in [0.15, 0.2) is 0 Å². The first-order valence-electron chi connectivity index (χ1n) is 9.68. The molecule has 162 valence electrons. The Kier molecular flexibility index (Phi) is 7.50. The molecule has 0 aliphatic heterocycles. The number of amides is 1. The Balaban J connectivity index is 1.51. The van der Waals surface area contributed by atoms with Crippen LogP contribution >= 0.6 is 11.8 Å². The van der Waals surface area contributed by atoms with Crippen LogP contribution in [-0.2, 0) is 4.79 Å². The van der Waals surface area contributed by atoms with E-state index in [4.69, 9.17) is 10.6 Å². The minimum absolute atomic E-state index is 0.151. The monoisotopic (exact) mass is 439 g/mol.